The number of carbonyl (C=O) groups excluding carboxylic acids is 2. The van der Waals surface area contributed by atoms with Crippen LogP contribution < -0.4 is 5.73 Å². The van der Waals surface area contributed by atoms with Crippen molar-refractivity contribution < 1.29 is 9.59 Å². The minimum Gasteiger partial charge on any atom is -0.399 e. The fraction of sp³-hybridized carbons (Fsp3) is 0.333. The van der Waals surface area contributed by atoms with Crippen LogP contribution in [0.3, 0.4) is 0 Å². The maximum atomic E-state index is 12.5. The molecule has 0 bridgehead atoms. The number of anilines is 1. The number of hydrogen-bond acceptors (Lipinski definition) is 3. The second-order valence-corrected chi connectivity index (χ2v) is 6.64. The Kier molecular flexibility index (Phi) is 7.67. The number of nitrogens with zero attached hydrogens (tertiary/aromatic N) is 2. The molecule has 0 unspecified atom stereocenters. The molecule has 1 aliphatic rings. The van der Waals surface area contributed by atoms with Crippen molar-refractivity contribution in [1.29, 1.82) is 0 Å². The molecule has 1 fully saturated rings. The minimum atomic E-state index is -0.0199. The number of aryl methyl sites for hydroxylation is 1. The van der Waals surface area contributed by atoms with Crippen molar-refractivity contribution in [3.8, 4) is 0 Å². The molecule has 2 aromatic rings. The first-order chi connectivity index (χ1) is 12.6. The van der Waals surface area contributed by atoms with E-state index >= 15 is 0 Å². The predicted molar refractivity (Wildman–Crippen MR) is 110 cm³/mol. The van der Waals surface area contributed by atoms with Gasteiger partial charge in [0.15, 0.2) is 0 Å². The first kappa shape index (κ1) is 20.8. The van der Waals surface area contributed by atoms with Gasteiger partial charge in [0.2, 0.25) is 5.91 Å². The molecule has 2 N–H and O–H groups in total. The highest BCUT2D eigenvalue weighted by atomic mass is 35.5. The number of halogens is 1. The van der Waals surface area contributed by atoms with Crippen molar-refractivity contribution in [1.82, 2.24) is 9.80 Å². The summed E-state index contributed by atoms with van der Waals surface area (Å²) < 4.78 is 0. The molecule has 0 aliphatic carbocycles. The molecule has 0 saturated carbocycles. The zero-order chi connectivity index (χ0) is 18.4. The van der Waals surface area contributed by atoms with Crippen LogP contribution in [0.2, 0.25) is 0 Å². The molecule has 3 rings (SSSR count). The molecule has 6 heteroatoms. The Morgan fingerprint density at radius 3 is 2.22 bits per heavy atom. The van der Waals surface area contributed by atoms with Gasteiger partial charge in [-0.3, -0.25) is 9.59 Å². The zero-order valence-corrected chi connectivity index (χ0v) is 16.2. The molecule has 0 aromatic heterocycles. The van der Waals surface area contributed by atoms with Crippen molar-refractivity contribution in [3.63, 3.8) is 0 Å². The van der Waals surface area contributed by atoms with Gasteiger partial charge in [0.05, 0.1) is 0 Å². The molecular formula is C21H26ClN3O2. The molecule has 144 valence electrons. The zero-order valence-electron chi connectivity index (χ0n) is 15.3. The van der Waals surface area contributed by atoms with Gasteiger partial charge >= 0.3 is 0 Å². The molecule has 0 radical (unpaired) electrons. The van der Waals surface area contributed by atoms with E-state index in [1.165, 1.54) is 5.56 Å². The summed E-state index contributed by atoms with van der Waals surface area (Å²) in [5, 5.41) is 0. The Hall–Kier alpha value is -2.53. The average molecular weight is 388 g/mol. The maximum Gasteiger partial charge on any atom is 0.254 e. The third-order valence-electron chi connectivity index (χ3n) is 4.75. The topological polar surface area (TPSA) is 66.6 Å². The minimum absolute atomic E-state index is 0. The number of nitrogens with two attached hydrogens (primary N) is 1. The maximum absolute atomic E-state index is 12.5. The summed E-state index contributed by atoms with van der Waals surface area (Å²) in [5.41, 5.74) is 8.20. The average Bonchev–Trinajstić information content (AvgIpc) is 2.68. The lowest BCUT2D eigenvalue weighted by molar-refractivity contribution is -0.132. The number of nitrogen functional groups attached to an aromatic ring is 1. The molecule has 2 amide bonds. The summed E-state index contributed by atoms with van der Waals surface area (Å²) in [6, 6.07) is 17.2. The lowest BCUT2D eigenvalue weighted by atomic mass is 10.1. The van der Waals surface area contributed by atoms with E-state index in [0.717, 1.165) is 12.8 Å². The lowest BCUT2D eigenvalue weighted by Crippen LogP contribution is -2.50. The van der Waals surface area contributed by atoms with Crippen LogP contribution in [0.1, 0.15) is 28.8 Å². The van der Waals surface area contributed by atoms with Crippen molar-refractivity contribution >= 4 is 29.9 Å². The van der Waals surface area contributed by atoms with Gasteiger partial charge in [-0.15, -0.1) is 12.4 Å². The third kappa shape index (κ3) is 5.73. The van der Waals surface area contributed by atoms with Crippen LogP contribution in [0.25, 0.3) is 0 Å². The molecule has 27 heavy (non-hydrogen) atoms. The fourth-order valence-electron chi connectivity index (χ4n) is 3.26. The van der Waals surface area contributed by atoms with Crippen LogP contribution in [-0.4, -0.2) is 47.8 Å². The SMILES string of the molecule is Cl.Nc1cccc(C(=O)N2CCN(C(=O)CCCc3ccccc3)CC2)c1. The van der Waals surface area contributed by atoms with Crippen molar-refractivity contribution in [3.05, 3.63) is 65.7 Å². The Bertz CT molecular complexity index is 759. The Balaban J connectivity index is 0.00000261. The second-order valence-electron chi connectivity index (χ2n) is 6.64. The molecule has 0 atom stereocenters. The van der Waals surface area contributed by atoms with Gasteiger partial charge in [-0.1, -0.05) is 36.4 Å². The van der Waals surface area contributed by atoms with Gasteiger partial charge in [0.1, 0.15) is 0 Å². The van der Waals surface area contributed by atoms with Gasteiger partial charge in [0, 0.05) is 43.9 Å². The Morgan fingerprint density at radius 1 is 0.889 bits per heavy atom. The van der Waals surface area contributed by atoms with Gasteiger partial charge in [-0.2, -0.15) is 0 Å². The van der Waals surface area contributed by atoms with E-state index in [9.17, 15) is 9.59 Å². The van der Waals surface area contributed by atoms with Crippen molar-refractivity contribution in [2.75, 3.05) is 31.9 Å². The highest BCUT2D eigenvalue weighted by Gasteiger charge is 2.24. The number of carbonyl (C=O) groups is 2. The Morgan fingerprint density at radius 2 is 1.56 bits per heavy atom. The largest absolute Gasteiger partial charge is 0.399 e. The first-order valence-corrected chi connectivity index (χ1v) is 9.10. The number of amides is 2. The van der Waals surface area contributed by atoms with E-state index in [1.807, 2.05) is 23.1 Å². The number of hydrogen-bond donors (Lipinski definition) is 1. The number of piperazine rings is 1. The van der Waals surface area contributed by atoms with E-state index in [1.54, 1.807) is 29.2 Å². The van der Waals surface area contributed by atoms with Crippen molar-refractivity contribution in [2.45, 2.75) is 19.3 Å². The summed E-state index contributed by atoms with van der Waals surface area (Å²) in [4.78, 5) is 28.6. The molecular weight excluding hydrogens is 362 g/mol. The molecule has 5 nitrogen and oxygen atoms in total. The predicted octanol–water partition coefficient (Wildman–Crippen LogP) is 3.00. The van der Waals surface area contributed by atoms with Crippen LogP contribution in [-0.2, 0) is 11.2 Å². The fourth-order valence-corrected chi connectivity index (χ4v) is 3.26. The molecule has 1 heterocycles. The smallest absolute Gasteiger partial charge is 0.254 e. The van der Waals surface area contributed by atoms with Crippen LogP contribution in [0.5, 0.6) is 0 Å². The normalized spacial score (nSPS) is 13.8. The first-order valence-electron chi connectivity index (χ1n) is 9.10. The Labute approximate surface area is 166 Å². The third-order valence-corrected chi connectivity index (χ3v) is 4.75. The van der Waals surface area contributed by atoms with E-state index in [2.05, 4.69) is 12.1 Å². The van der Waals surface area contributed by atoms with E-state index < -0.39 is 0 Å². The molecule has 0 spiro atoms. The van der Waals surface area contributed by atoms with Crippen LogP contribution in [0.4, 0.5) is 5.69 Å². The van der Waals surface area contributed by atoms with Gasteiger partial charge in [0.25, 0.3) is 5.91 Å². The molecule has 1 saturated heterocycles. The summed E-state index contributed by atoms with van der Waals surface area (Å²) >= 11 is 0. The highest BCUT2D eigenvalue weighted by molar-refractivity contribution is 5.95. The summed E-state index contributed by atoms with van der Waals surface area (Å²) in [5.74, 6) is 0.158. The van der Waals surface area contributed by atoms with E-state index in [-0.39, 0.29) is 24.2 Å². The monoisotopic (exact) mass is 387 g/mol. The lowest BCUT2D eigenvalue weighted by Gasteiger charge is -2.35. The summed E-state index contributed by atoms with van der Waals surface area (Å²) in [6.45, 7) is 2.33. The van der Waals surface area contributed by atoms with Crippen molar-refractivity contribution in [2.24, 2.45) is 0 Å². The quantitative estimate of drug-likeness (QED) is 0.802. The van der Waals surface area contributed by atoms with E-state index in [4.69, 9.17) is 5.73 Å². The molecule has 1 aliphatic heterocycles. The van der Waals surface area contributed by atoms with Gasteiger partial charge in [-0.05, 0) is 36.6 Å². The highest BCUT2D eigenvalue weighted by Crippen LogP contribution is 2.13. The molecule has 2 aromatic carbocycles. The van der Waals surface area contributed by atoms with Crippen LogP contribution in [0, 0.1) is 0 Å². The summed E-state index contributed by atoms with van der Waals surface area (Å²) in [6.07, 6.45) is 2.32. The number of rotatable bonds is 5. The van der Waals surface area contributed by atoms with Crippen LogP contribution >= 0.6 is 12.4 Å². The number of benzene rings is 2. The standard InChI is InChI=1S/C21H25N3O2.ClH/c22-19-10-5-9-18(16-19)21(26)24-14-12-23(13-15-24)20(25)11-4-8-17-6-2-1-3-7-17;/h1-3,5-7,9-10,16H,4,8,11-15,22H2;1H. The van der Waals surface area contributed by atoms with Gasteiger partial charge in [-0.25, -0.2) is 0 Å². The van der Waals surface area contributed by atoms with Crippen LogP contribution in [0.15, 0.2) is 54.6 Å². The second kappa shape index (κ2) is 9.97. The van der Waals surface area contributed by atoms with Gasteiger partial charge < -0.3 is 15.5 Å². The summed E-state index contributed by atoms with van der Waals surface area (Å²) in [7, 11) is 0. The van der Waals surface area contributed by atoms with E-state index in [0.29, 0.717) is 43.9 Å².